The van der Waals surface area contributed by atoms with E-state index < -0.39 is 0 Å². The Balaban J connectivity index is 1.62. The van der Waals surface area contributed by atoms with E-state index in [0.717, 1.165) is 5.56 Å². The fraction of sp³-hybridized carbons (Fsp3) is 0.438. The summed E-state index contributed by atoms with van der Waals surface area (Å²) < 4.78 is 0. The molecule has 1 saturated heterocycles. The van der Waals surface area contributed by atoms with Gasteiger partial charge in [0, 0.05) is 37.5 Å². The first-order valence-electron chi connectivity index (χ1n) is 7.85. The summed E-state index contributed by atoms with van der Waals surface area (Å²) in [5.74, 6) is -0.0800. The van der Waals surface area contributed by atoms with Gasteiger partial charge in [-0.3, -0.25) is 14.6 Å². The molecule has 1 aliphatic rings. The Bertz CT molecular complexity index is 731. The maximum absolute atomic E-state index is 12.4. The topological polar surface area (TPSA) is 88.1 Å². The van der Waals surface area contributed by atoms with Crippen LogP contribution in [-0.2, 0) is 9.59 Å². The minimum Gasteiger partial charge on any atom is -0.342 e. The van der Waals surface area contributed by atoms with Crippen LogP contribution in [0.25, 0.3) is 10.6 Å². The molecule has 0 bridgehead atoms. The highest BCUT2D eigenvalue weighted by atomic mass is 32.1. The SMILES string of the molecule is CC(C)CN1CC(C(=O)Nc2nnc(-c3cccnc3)s2)CC1=O. The summed E-state index contributed by atoms with van der Waals surface area (Å²) in [6, 6.07) is 3.71. The average molecular weight is 345 g/mol. The Labute approximate surface area is 144 Å². The van der Waals surface area contributed by atoms with Crippen molar-refractivity contribution in [1.82, 2.24) is 20.1 Å². The third kappa shape index (κ3) is 3.76. The van der Waals surface area contributed by atoms with Gasteiger partial charge in [0.25, 0.3) is 0 Å². The average Bonchev–Trinajstić information content (AvgIpc) is 3.15. The molecule has 2 aromatic heterocycles. The lowest BCUT2D eigenvalue weighted by molar-refractivity contribution is -0.128. The molecule has 0 saturated carbocycles. The largest absolute Gasteiger partial charge is 0.342 e. The quantitative estimate of drug-likeness (QED) is 0.896. The highest BCUT2D eigenvalue weighted by molar-refractivity contribution is 7.18. The molecule has 8 heteroatoms. The van der Waals surface area contributed by atoms with E-state index in [1.165, 1.54) is 11.3 Å². The lowest BCUT2D eigenvalue weighted by Gasteiger charge is -2.18. The number of pyridine rings is 1. The standard InChI is InChI=1S/C16H19N5O2S/c1-10(2)8-21-9-12(6-13(21)22)14(23)18-16-20-19-15(24-16)11-4-3-5-17-7-11/h3-5,7,10,12H,6,8-9H2,1-2H3,(H,18,20,23). The van der Waals surface area contributed by atoms with Crippen molar-refractivity contribution in [1.29, 1.82) is 0 Å². The third-order valence-electron chi connectivity index (χ3n) is 3.73. The molecule has 24 heavy (non-hydrogen) atoms. The van der Waals surface area contributed by atoms with E-state index in [4.69, 9.17) is 0 Å². The van der Waals surface area contributed by atoms with Crippen molar-refractivity contribution in [2.24, 2.45) is 11.8 Å². The number of rotatable bonds is 5. The summed E-state index contributed by atoms with van der Waals surface area (Å²) in [5, 5.41) is 12.0. The van der Waals surface area contributed by atoms with Gasteiger partial charge in [-0.25, -0.2) is 0 Å². The van der Waals surface area contributed by atoms with Gasteiger partial charge in [-0.15, -0.1) is 10.2 Å². The van der Waals surface area contributed by atoms with Crippen LogP contribution in [0.5, 0.6) is 0 Å². The van der Waals surface area contributed by atoms with Gasteiger partial charge < -0.3 is 10.2 Å². The predicted octanol–water partition coefficient (Wildman–Crippen LogP) is 2.04. The van der Waals surface area contributed by atoms with Crippen molar-refractivity contribution in [3.63, 3.8) is 0 Å². The molecule has 126 valence electrons. The molecule has 0 aliphatic carbocycles. The molecule has 3 rings (SSSR count). The van der Waals surface area contributed by atoms with E-state index in [0.29, 0.717) is 29.1 Å². The van der Waals surface area contributed by atoms with Crippen LogP contribution in [0.1, 0.15) is 20.3 Å². The van der Waals surface area contributed by atoms with Crippen LogP contribution >= 0.6 is 11.3 Å². The number of hydrogen-bond donors (Lipinski definition) is 1. The molecule has 1 unspecified atom stereocenters. The number of anilines is 1. The number of nitrogens with one attached hydrogen (secondary N) is 1. The summed E-state index contributed by atoms with van der Waals surface area (Å²) >= 11 is 1.29. The number of hydrogen-bond acceptors (Lipinski definition) is 6. The fourth-order valence-electron chi connectivity index (χ4n) is 2.65. The Morgan fingerprint density at radius 1 is 1.46 bits per heavy atom. The second kappa shape index (κ2) is 7.04. The minimum absolute atomic E-state index is 0.0390. The third-order valence-corrected chi connectivity index (χ3v) is 4.62. The molecule has 2 amide bonds. The highest BCUT2D eigenvalue weighted by Gasteiger charge is 2.34. The smallest absolute Gasteiger partial charge is 0.231 e. The van der Waals surface area contributed by atoms with Crippen molar-refractivity contribution in [3.05, 3.63) is 24.5 Å². The predicted molar refractivity (Wildman–Crippen MR) is 91.3 cm³/mol. The lowest BCUT2D eigenvalue weighted by Crippen LogP contribution is -2.31. The van der Waals surface area contributed by atoms with Crippen LogP contribution in [0.15, 0.2) is 24.5 Å². The van der Waals surface area contributed by atoms with Gasteiger partial charge in [0.15, 0.2) is 5.01 Å². The van der Waals surface area contributed by atoms with Crippen molar-refractivity contribution in [2.45, 2.75) is 20.3 Å². The van der Waals surface area contributed by atoms with E-state index in [-0.39, 0.29) is 24.2 Å². The number of aromatic nitrogens is 3. The van der Waals surface area contributed by atoms with E-state index in [1.807, 2.05) is 12.1 Å². The van der Waals surface area contributed by atoms with E-state index >= 15 is 0 Å². The summed E-state index contributed by atoms with van der Waals surface area (Å²) in [6.07, 6.45) is 3.64. The Morgan fingerprint density at radius 3 is 3.00 bits per heavy atom. The van der Waals surface area contributed by atoms with Crippen molar-refractivity contribution in [2.75, 3.05) is 18.4 Å². The number of amides is 2. The molecule has 0 radical (unpaired) electrons. The zero-order chi connectivity index (χ0) is 17.1. The molecule has 0 spiro atoms. The monoisotopic (exact) mass is 345 g/mol. The van der Waals surface area contributed by atoms with Gasteiger partial charge in [0.05, 0.1) is 5.92 Å². The van der Waals surface area contributed by atoms with Crippen LogP contribution in [0.3, 0.4) is 0 Å². The number of nitrogens with zero attached hydrogens (tertiary/aromatic N) is 4. The van der Waals surface area contributed by atoms with Gasteiger partial charge >= 0.3 is 0 Å². The molecule has 3 heterocycles. The van der Waals surface area contributed by atoms with Crippen LogP contribution in [0.2, 0.25) is 0 Å². The van der Waals surface area contributed by atoms with E-state index in [1.54, 1.807) is 17.3 Å². The first kappa shape index (κ1) is 16.5. The van der Waals surface area contributed by atoms with Crippen molar-refractivity contribution in [3.8, 4) is 10.6 Å². The molecular weight excluding hydrogens is 326 g/mol. The van der Waals surface area contributed by atoms with E-state index in [2.05, 4.69) is 34.3 Å². The molecule has 1 N–H and O–H groups in total. The summed E-state index contributed by atoms with van der Waals surface area (Å²) in [7, 11) is 0. The van der Waals surface area contributed by atoms with Crippen molar-refractivity contribution >= 4 is 28.3 Å². The van der Waals surface area contributed by atoms with Crippen LogP contribution in [0, 0.1) is 11.8 Å². The number of likely N-dealkylation sites (tertiary alicyclic amines) is 1. The Kier molecular flexibility index (Phi) is 4.84. The molecule has 2 aromatic rings. The first-order valence-corrected chi connectivity index (χ1v) is 8.67. The van der Waals surface area contributed by atoms with Gasteiger partial charge in [-0.05, 0) is 18.1 Å². The molecule has 7 nitrogen and oxygen atoms in total. The summed E-state index contributed by atoms with van der Waals surface area (Å²) in [5.41, 5.74) is 0.856. The number of carbonyl (C=O) groups excluding carboxylic acids is 2. The second-order valence-corrected chi connectivity index (χ2v) is 7.21. The molecule has 1 aliphatic heterocycles. The molecule has 0 aromatic carbocycles. The Morgan fingerprint density at radius 2 is 2.29 bits per heavy atom. The minimum atomic E-state index is -0.331. The zero-order valence-corrected chi connectivity index (χ0v) is 14.4. The summed E-state index contributed by atoms with van der Waals surface area (Å²) in [4.78, 5) is 30.2. The molecular formula is C16H19N5O2S. The maximum atomic E-state index is 12.4. The Hall–Kier alpha value is -2.35. The van der Waals surface area contributed by atoms with E-state index in [9.17, 15) is 9.59 Å². The molecule has 1 fully saturated rings. The molecule has 1 atom stereocenters. The first-order chi connectivity index (χ1) is 11.5. The normalized spacial score (nSPS) is 17.5. The van der Waals surface area contributed by atoms with Crippen LogP contribution in [-0.4, -0.2) is 45.0 Å². The maximum Gasteiger partial charge on any atom is 0.231 e. The fourth-order valence-corrected chi connectivity index (χ4v) is 3.39. The van der Waals surface area contributed by atoms with Gasteiger partial charge in [-0.1, -0.05) is 25.2 Å². The number of carbonyl (C=O) groups is 2. The summed E-state index contributed by atoms with van der Waals surface area (Å²) in [6.45, 7) is 5.27. The van der Waals surface area contributed by atoms with Gasteiger partial charge in [-0.2, -0.15) is 0 Å². The lowest BCUT2D eigenvalue weighted by atomic mass is 10.1. The van der Waals surface area contributed by atoms with Crippen LogP contribution in [0.4, 0.5) is 5.13 Å². The van der Waals surface area contributed by atoms with Crippen molar-refractivity contribution < 1.29 is 9.59 Å². The van der Waals surface area contributed by atoms with Gasteiger partial charge in [0.2, 0.25) is 16.9 Å². The zero-order valence-electron chi connectivity index (χ0n) is 13.6. The second-order valence-electron chi connectivity index (χ2n) is 6.24. The highest BCUT2D eigenvalue weighted by Crippen LogP contribution is 2.27. The van der Waals surface area contributed by atoms with Gasteiger partial charge in [0.1, 0.15) is 0 Å². The van der Waals surface area contributed by atoms with Crippen LogP contribution < -0.4 is 5.32 Å².